The van der Waals surface area contributed by atoms with E-state index in [2.05, 4.69) is 0 Å². The number of phenols is 1. The molecule has 0 spiro atoms. The Morgan fingerprint density at radius 1 is 1.00 bits per heavy atom. The number of hydrogen-bond donors (Lipinski definition) is 1. The molecule has 0 heterocycles. The van der Waals surface area contributed by atoms with E-state index in [4.69, 9.17) is 9.47 Å². The van der Waals surface area contributed by atoms with Crippen LogP contribution in [0.15, 0.2) is 24.3 Å². The van der Waals surface area contributed by atoms with Crippen molar-refractivity contribution in [3.63, 3.8) is 0 Å². The predicted octanol–water partition coefficient (Wildman–Crippen LogP) is 1.96. The molecule has 0 radical (unpaired) electrons. The van der Waals surface area contributed by atoms with Crippen LogP contribution in [0.4, 0.5) is 0 Å². The van der Waals surface area contributed by atoms with Crippen LogP contribution < -0.4 is 0 Å². The number of likely N-dealkylation sites (N-methyl/N-ethyl adjacent to an activating group) is 1. The van der Waals surface area contributed by atoms with Crippen molar-refractivity contribution in [3.05, 3.63) is 29.8 Å². The standard InChI is InChI=1S/C16H23NO5S2/c1-17(2)12-16(20)22-8-10-24-23-9-7-21-15(19)11-13-3-5-14(18)6-4-13/h3-6,18H,7-12H2,1-2H3. The summed E-state index contributed by atoms with van der Waals surface area (Å²) < 4.78 is 10.2. The molecule has 24 heavy (non-hydrogen) atoms. The summed E-state index contributed by atoms with van der Waals surface area (Å²) in [4.78, 5) is 24.7. The summed E-state index contributed by atoms with van der Waals surface area (Å²) in [6.45, 7) is 1.01. The molecule has 0 saturated heterocycles. The summed E-state index contributed by atoms with van der Waals surface area (Å²) in [7, 11) is 6.78. The van der Waals surface area contributed by atoms with E-state index in [1.807, 2.05) is 14.1 Å². The number of carbonyl (C=O) groups excluding carboxylic acids is 2. The van der Waals surface area contributed by atoms with E-state index >= 15 is 0 Å². The fourth-order valence-corrected chi connectivity index (χ4v) is 3.29. The second-order valence-electron chi connectivity index (χ2n) is 5.17. The minimum absolute atomic E-state index is 0.174. The average molecular weight is 373 g/mol. The van der Waals surface area contributed by atoms with Gasteiger partial charge in [-0.25, -0.2) is 0 Å². The summed E-state index contributed by atoms with van der Waals surface area (Å²) in [6.07, 6.45) is 0.194. The van der Waals surface area contributed by atoms with Crippen molar-refractivity contribution >= 4 is 33.5 Å². The van der Waals surface area contributed by atoms with Crippen molar-refractivity contribution in [3.8, 4) is 5.75 Å². The Morgan fingerprint density at radius 2 is 1.54 bits per heavy atom. The Bertz CT molecular complexity index is 508. The number of carbonyl (C=O) groups is 2. The van der Waals surface area contributed by atoms with Gasteiger partial charge in [-0.2, -0.15) is 0 Å². The minimum Gasteiger partial charge on any atom is -0.508 e. The van der Waals surface area contributed by atoms with Gasteiger partial charge in [0.2, 0.25) is 0 Å². The zero-order chi connectivity index (χ0) is 17.8. The maximum Gasteiger partial charge on any atom is 0.320 e. The van der Waals surface area contributed by atoms with Gasteiger partial charge in [0, 0.05) is 11.5 Å². The molecule has 0 bridgehead atoms. The van der Waals surface area contributed by atoms with Crippen molar-refractivity contribution in [2.75, 3.05) is 45.4 Å². The Morgan fingerprint density at radius 3 is 2.08 bits per heavy atom. The third kappa shape index (κ3) is 10.4. The first-order valence-electron chi connectivity index (χ1n) is 7.45. The van der Waals surface area contributed by atoms with Gasteiger partial charge in [0.1, 0.15) is 19.0 Å². The molecule has 1 aromatic rings. The molecule has 0 aliphatic heterocycles. The number of benzene rings is 1. The molecule has 6 nitrogen and oxygen atoms in total. The summed E-state index contributed by atoms with van der Waals surface area (Å²) in [6, 6.07) is 6.47. The molecule has 0 unspecified atom stereocenters. The van der Waals surface area contributed by atoms with E-state index in [0.29, 0.717) is 24.7 Å². The van der Waals surface area contributed by atoms with Crippen LogP contribution in [-0.4, -0.2) is 67.3 Å². The fourth-order valence-electron chi connectivity index (χ4n) is 1.63. The molecule has 0 amide bonds. The first-order chi connectivity index (χ1) is 11.5. The van der Waals surface area contributed by atoms with Crippen molar-refractivity contribution in [1.82, 2.24) is 4.90 Å². The lowest BCUT2D eigenvalue weighted by atomic mass is 10.1. The summed E-state index contributed by atoms with van der Waals surface area (Å²) in [5.74, 6) is 1.04. The van der Waals surface area contributed by atoms with Crippen LogP contribution in [0.2, 0.25) is 0 Å². The van der Waals surface area contributed by atoms with Gasteiger partial charge in [-0.1, -0.05) is 33.7 Å². The fraction of sp³-hybridized carbons (Fsp3) is 0.500. The third-order valence-electron chi connectivity index (χ3n) is 2.67. The van der Waals surface area contributed by atoms with Gasteiger partial charge in [0.05, 0.1) is 13.0 Å². The lowest BCUT2D eigenvalue weighted by molar-refractivity contribution is -0.144. The van der Waals surface area contributed by atoms with Gasteiger partial charge in [-0.3, -0.25) is 14.5 Å². The highest BCUT2D eigenvalue weighted by Crippen LogP contribution is 2.20. The number of phenolic OH excluding ortho intramolecular Hbond substituents is 1. The second-order valence-corrected chi connectivity index (χ2v) is 7.87. The Hall–Kier alpha value is -1.38. The predicted molar refractivity (Wildman–Crippen MR) is 97.2 cm³/mol. The van der Waals surface area contributed by atoms with Crippen LogP contribution in [0.3, 0.4) is 0 Å². The Kier molecular flexibility index (Phi) is 10.4. The van der Waals surface area contributed by atoms with Gasteiger partial charge in [0.25, 0.3) is 0 Å². The quantitative estimate of drug-likeness (QED) is 0.358. The maximum absolute atomic E-state index is 11.6. The number of esters is 2. The van der Waals surface area contributed by atoms with E-state index in [0.717, 1.165) is 5.56 Å². The molecular formula is C16H23NO5S2. The maximum atomic E-state index is 11.6. The van der Waals surface area contributed by atoms with Gasteiger partial charge < -0.3 is 14.6 Å². The van der Waals surface area contributed by atoms with Crippen LogP contribution in [0.25, 0.3) is 0 Å². The van der Waals surface area contributed by atoms with Crippen LogP contribution in [-0.2, 0) is 25.5 Å². The largest absolute Gasteiger partial charge is 0.508 e. The van der Waals surface area contributed by atoms with Gasteiger partial charge in [-0.15, -0.1) is 0 Å². The van der Waals surface area contributed by atoms with Crippen LogP contribution >= 0.6 is 21.6 Å². The zero-order valence-electron chi connectivity index (χ0n) is 13.9. The monoisotopic (exact) mass is 373 g/mol. The molecule has 0 aliphatic carbocycles. The molecule has 8 heteroatoms. The van der Waals surface area contributed by atoms with Crippen molar-refractivity contribution in [1.29, 1.82) is 0 Å². The number of ether oxygens (including phenoxy) is 2. The molecule has 1 N–H and O–H groups in total. The molecule has 0 saturated carbocycles. The van der Waals surface area contributed by atoms with E-state index in [9.17, 15) is 14.7 Å². The number of aromatic hydroxyl groups is 1. The molecule has 0 aromatic heterocycles. The number of rotatable bonds is 11. The van der Waals surface area contributed by atoms with E-state index in [-0.39, 0.29) is 30.7 Å². The van der Waals surface area contributed by atoms with Crippen LogP contribution in [0.5, 0.6) is 5.75 Å². The van der Waals surface area contributed by atoms with Crippen molar-refractivity contribution in [2.45, 2.75) is 6.42 Å². The average Bonchev–Trinajstić information content (AvgIpc) is 2.51. The highest BCUT2D eigenvalue weighted by molar-refractivity contribution is 8.76. The molecule has 134 valence electrons. The smallest absolute Gasteiger partial charge is 0.320 e. The van der Waals surface area contributed by atoms with E-state index < -0.39 is 0 Å². The summed E-state index contributed by atoms with van der Waals surface area (Å²) >= 11 is 0. The summed E-state index contributed by atoms with van der Waals surface area (Å²) in [5.41, 5.74) is 0.805. The SMILES string of the molecule is CN(C)CC(=O)OCCSSCCOC(=O)Cc1ccc(O)cc1. The normalized spacial score (nSPS) is 10.6. The molecular weight excluding hydrogens is 350 g/mol. The Balaban J connectivity index is 1.97. The van der Waals surface area contributed by atoms with Gasteiger partial charge >= 0.3 is 11.9 Å². The van der Waals surface area contributed by atoms with Gasteiger partial charge in [-0.05, 0) is 31.8 Å². The topological polar surface area (TPSA) is 76.1 Å². The molecule has 0 fully saturated rings. The molecule has 1 rings (SSSR count). The zero-order valence-corrected chi connectivity index (χ0v) is 15.5. The van der Waals surface area contributed by atoms with Crippen molar-refractivity contribution < 1.29 is 24.2 Å². The lowest BCUT2D eigenvalue weighted by Gasteiger charge is -2.09. The van der Waals surface area contributed by atoms with Crippen LogP contribution in [0.1, 0.15) is 5.56 Å². The Labute approximate surface area is 150 Å². The molecule has 1 aromatic carbocycles. The first-order valence-corrected chi connectivity index (χ1v) is 9.94. The minimum atomic E-state index is -0.288. The lowest BCUT2D eigenvalue weighted by Crippen LogP contribution is -2.24. The van der Waals surface area contributed by atoms with Gasteiger partial charge in [0.15, 0.2) is 0 Å². The number of hydrogen-bond acceptors (Lipinski definition) is 8. The highest BCUT2D eigenvalue weighted by atomic mass is 33.1. The van der Waals surface area contributed by atoms with Crippen LogP contribution in [0, 0.1) is 0 Å². The van der Waals surface area contributed by atoms with E-state index in [1.165, 1.54) is 0 Å². The van der Waals surface area contributed by atoms with E-state index in [1.54, 1.807) is 50.8 Å². The third-order valence-corrected chi connectivity index (χ3v) is 5.01. The number of nitrogens with zero attached hydrogens (tertiary/aromatic N) is 1. The molecule has 0 atom stereocenters. The first kappa shape index (κ1) is 20.7. The highest BCUT2D eigenvalue weighted by Gasteiger charge is 2.06. The summed E-state index contributed by atoms with van der Waals surface area (Å²) in [5, 5.41) is 9.17. The second kappa shape index (κ2) is 12.0. The van der Waals surface area contributed by atoms with Crippen molar-refractivity contribution in [2.24, 2.45) is 0 Å². The molecule has 0 aliphatic rings.